The van der Waals surface area contributed by atoms with Crippen LogP contribution in [0.4, 0.5) is 8.78 Å². The van der Waals surface area contributed by atoms with Crippen molar-refractivity contribution in [2.24, 2.45) is 5.16 Å². The van der Waals surface area contributed by atoms with E-state index in [1.807, 2.05) is 0 Å². The van der Waals surface area contributed by atoms with Gasteiger partial charge < -0.3 is 5.21 Å². The van der Waals surface area contributed by atoms with Crippen LogP contribution in [-0.4, -0.2) is 11.4 Å². The van der Waals surface area contributed by atoms with Gasteiger partial charge in [0.2, 0.25) is 0 Å². The molecular formula is C8H7F2NO. The summed E-state index contributed by atoms with van der Waals surface area (Å²) in [7, 11) is 0. The lowest BCUT2D eigenvalue weighted by Crippen LogP contribution is -1.95. The Labute approximate surface area is 68.1 Å². The first kappa shape index (κ1) is 8.64. The van der Waals surface area contributed by atoms with Crippen molar-refractivity contribution in [3.05, 3.63) is 34.9 Å². The Bertz CT molecular complexity index is 323. The molecule has 0 saturated heterocycles. The number of benzene rings is 1. The molecule has 0 atom stereocenters. The van der Waals surface area contributed by atoms with Crippen LogP contribution >= 0.6 is 0 Å². The predicted octanol–water partition coefficient (Wildman–Crippen LogP) is 2.08. The van der Waals surface area contributed by atoms with Crippen molar-refractivity contribution in [3.8, 4) is 0 Å². The Morgan fingerprint density at radius 1 is 1.33 bits per heavy atom. The normalized spacial score (nSPS) is 10.9. The molecule has 1 aromatic carbocycles. The van der Waals surface area contributed by atoms with E-state index in [0.717, 1.165) is 6.21 Å². The largest absolute Gasteiger partial charge is 0.411 e. The fourth-order valence-electron chi connectivity index (χ4n) is 0.823. The zero-order valence-electron chi connectivity index (χ0n) is 6.38. The van der Waals surface area contributed by atoms with Crippen molar-refractivity contribution in [1.82, 2.24) is 0 Å². The molecular weight excluding hydrogens is 164 g/mol. The maximum Gasteiger partial charge on any atom is 0.167 e. The molecule has 12 heavy (non-hydrogen) atoms. The van der Waals surface area contributed by atoms with E-state index in [1.165, 1.54) is 19.1 Å². The maximum absolute atomic E-state index is 12.9. The fourth-order valence-corrected chi connectivity index (χ4v) is 0.823. The summed E-state index contributed by atoms with van der Waals surface area (Å²) in [6.45, 7) is 1.46. The van der Waals surface area contributed by atoms with E-state index >= 15 is 0 Å². The molecule has 0 saturated carbocycles. The third-order valence-electron chi connectivity index (χ3n) is 1.50. The lowest BCUT2D eigenvalue weighted by molar-refractivity contribution is 0.321. The Balaban J connectivity index is 3.26. The van der Waals surface area contributed by atoms with Crippen LogP contribution in [0.5, 0.6) is 0 Å². The summed E-state index contributed by atoms with van der Waals surface area (Å²) < 4.78 is 25.7. The summed E-state index contributed by atoms with van der Waals surface area (Å²) in [6, 6.07) is 2.75. The number of aryl methyl sites for hydroxylation is 1. The van der Waals surface area contributed by atoms with Gasteiger partial charge >= 0.3 is 0 Å². The second-order valence-corrected chi connectivity index (χ2v) is 2.34. The molecule has 0 bridgehead atoms. The van der Waals surface area contributed by atoms with Crippen LogP contribution in [0.3, 0.4) is 0 Å². The number of hydrogen-bond donors (Lipinski definition) is 1. The zero-order valence-corrected chi connectivity index (χ0v) is 6.38. The van der Waals surface area contributed by atoms with Gasteiger partial charge in [-0.3, -0.25) is 0 Å². The molecule has 1 aromatic rings. The van der Waals surface area contributed by atoms with E-state index in [2.05, 4.69) is 5.16 Å². The Kier molecular flexibility index (Phi) is 2.38. The van der Waals surface area contributed by atoms with Gasteiger partial charge in [-0.15, -0.1) is 0 Å². The highest BCUT2D eigenvalue weighted by atomic mass is 19.2. The maximum atomic E-state index is 12.9. The van der Waals surface area contributed by atoms with Gasteiger partial charge in [-0.25, -0.2) is 8.78 Å². The highest BCUT2D eigenvalue weighted by Crippen LogP contribution is 2.13. The van der Waals surface area contributed by atoms with Gasteiger partial charge in [0.1, 0.15) is 0 Å². The molecule has 1 rings (SSSR count). The van der Waals surface area contributed by atoms with Crippen LogP contribution in [0.1, 0.15) is 11.1 Å². The summed E-state index contributed by atoms with van der Waals surface area (Å²) in [4.78, 5) is 0. The van der Waals surface area contributed by atoms with Gasteiger partial charge in [0.25, 0.3) is 0 Å². The number of oxime groups is 1. The molecule has 0 fully saturated rings. The monoisotopic (exact) mass is 171 g/mol. The lowest BCUT2D eigenvalue weighted by Gasteiger charge is -1.99. The van der Waals surface area contributed by atoms with E-state index in [-0.39, 0.29) is 11.1 Å². The third kappa shape index (κ3) is 1.42. The van der Waals surface area contributed by atoms with Crippen molar-refractivity contribution in [3.63, 3.8) is 0 Å². The van der Waals surface area contributed by atoms with Gasteiger partial charge in [-0.2, -0.15) is 0 Å². The standard InChI is InChI=1S/C8H7F2NO/c1-5-2-3-6(4-11-12)8(10)7(5)9/h2-4,12H,1H3/b11-4+. The minimum Gasteiger partial charge on any atom is -0.411 e. The molecule has 0 aliphatic carbocycles. The first-order valence-corrected chi connectivity index (χ1v) is 3.29. The number of rotatable bonds is 1. The molecule has 1 N–H and O–H groups in total. The van der Waals surface area contributed by atoms with Gasteiger partial charge in [-0.05, 0) is 18.6 Å². The van der Waals surface area contributed by atoms with Crippen molar-refractivity contribution in [1.29, 1.82) is 0 Å². The van der Waals surface area contributed by atoms with Gasteiger partial charge in [0.15, 0.2) is 11.6 Å². The zero-order chi connectivity index (χ0) is 9.14. The average Bonchev–Trinajstić information content (AvgIpc) is 2.07. The minimum atomic E-state index is -0.993. The molecule has 2 nitrogen and oxygen atoms in total. The molecule has 0 unspecified atom stereocenters. The third-order valence-corrected chi connectivity index (χ3v) is 1.50. The Hall–Kier alpha value is -1.45. The van der Waals surface area contributed by atoms with Crippen LogP contribution in [0.25, 0.3) is 0 Å². The molecule has 4 heteroatoms. The van der Waals surface area contributed by atoms with E-state index in [0.29, 0.717) is 0 Å². The summed E-state index contributed by atoms with van der Waals surface area (Å²) >= 11 is 0. The van der Waals surface area contributed by atoms with Crippen molar-refractivity contribution in [2.75, 3.05) is 0 Å². The van der Waals surface area contributed by atoms with E-state index in [1.54, 1.807) is 0 Å². The first-order chi connectivity index (χ1) is 5.66. The van der Waals surface area contributed by atoms with Crippen LogP contribution in [0.2, 0.25) is 0 Å². The Morgan fingerprint density at radius 2 is 2.00 bits per heavy atom. The molecule has 0 aliphatic rings. The SMILES string of the molecule is Cc1ccc(/C=N/O)c(F)c1F. The van der Waals surface area contributed by atoms with Crippen LogP contribution in [0.15, 0.2) is 17.3 Å². The molecule has 0 aliphatic heterocycles. The average molecular weight is 171 g/mol. The second kappa shape index (κ2) is 3.30. The summed E-state index contributed by atoms with van der Waals surface area (Å²) in [5.41, 5.74) is 0.156. The quantitative estimate of drug-likeness (QED) is 0.391. The predicted molar refractivity (Wildman–Crippen MR) is 40.5 cm³/mol. The topological polar surface area (TPSA) is 32.6 Å². The van der Waals surface area contributed by atoms with Crippen molar-refractivity contribution < 1.29 is 14.0 Å². The van der Waals surface area contributed by atoms with Gasteiger partial charge in [0.05, 0.1) is 6.21 Å². The van der Waals surface area contributed by atoms with Gasteiger partial charge in [0, 0.05) is 5.56 Å². The number of halogens is 2. The van der Waals surface area contributed by atoms with Crippen LogP contribution in [-0.2, 0) is 0 Å². The smallest absolute Gasteiger partial charge is 0.167 e. The molecule has 0 heterocycles. The molecule has 64 valence electrons. The molecule has 0 radical (unpaired) electrons. The Morgan fingerprint density at radius 3 is 2.58 bits per heavy atom. The minimum absolute atomic E-state index is 0.0689. The van der Waals surface area contributed by atoms with E-state index < -0.39 is 11.6 Å². The molecule has 0 amide bonds. The van der Waals surface area contributed by atoms with E-state index in [4.69, 9.17) is 5.21 Å². The van der Waals surface area contributed by atoms with Crippen LogP contribution in [0, 0.1) is 18.6 Å². The van der Waals surface area contributed by atoms with Gasteiger partial charge in [-0.1, -0.05) is 11.2 Å². The van der Waals surface area contributed by atoms with Crippen molar-refractivity contribution in [2.45, 2.75) is 6.92 Å². The molecule has 0 aromatic heterocycles. The highest BCUT2D eigenvalue weighted by Gasteiger charge is 2.08. The number of hydrogen-bond acceptors (Lipinski definition) is 2. The first-order valence-electron chi connectivity index (χ1n) is 3.29. The van der Waals surface area contributed by atoms with Crippen LogP contribution < -0.4 is 0 Å². The van der Waals surface area contributed by atoms with E-state index in [9.17, 15) is 8.78 Å². The van der Waals surface area contributed by atoms with Crippen molar-refractivity contribution >= 4 is 6.21 Å². The second-order valence-electron chi connectivity index (χ2n) is 2.34. The summed E-state index contributed by atoms with van der Waals surface area (Å²) in [5.74, 6) is -1.90. The summed E-state index contributed by atoms with van der Waals surface area (Å²) in [6.07, 6.45) is 0.845. The number of nitrogens with zero attached hydrogens (tertiary/aromatic N) is 1. The molecule has 0 spiro atoms. The lowest BCUT2D eigenvalue weighted by atomic mass is 10.1. The fraction of sp³-hybridized carbons (Fsp3) is 0.125. The highest BCUT2D eigenvalue weighted by molar-refractivity contribution is 5.79. The summed E-state index contributed by atoms with van der Waals surface area (Å²) in [5, 5.41) is 10.7.